The highest BCUT2D eigenvalue weighted by atomic mass is 16.6. The monoisotopic (exact) mass is 284 g/mol. The first-order chi connectivity index (χ1) is 10.0. The molecule has 7 heteroatoms. The predicted molar refractivity (Wildman–Crippen MR) is 71.3 cm³/mol. The summed E-state index contributed by atoms with van der Waals surface area (Å²) in [6.07, 6.45) is 0. The standard InChI is InChI=1S/C14H8N2O5/c15-8-9-2-1-3-11(6-9)21-13-7-10(14(17)18)4-5-12(13)16(19)20/h1-7H,(H,17,18). The highest BCUT2D eigenvalue weighted by molar-refractivity contribution is 5.88. The fraction of sp³-hybridized carbons (Fsp3) is 0. The maximum atomic E-state index is 10.9. The van der Waals surface area contributed by atoms with Gasteiger partial charge in [-0.25, -0.2) is 4.79 Å². The van der Waals surface area contributed by atoms with Crippen molar-refractivity contribution in [1.82, 2.24) is 0 Å². The fourth-order valence-electron chi connectivity index (χ4n) is 1.64. The molecule has 7 nitrogen and oxygen atoms in total. The second-order valence-corrected chi connectivity index (χ2v) is 3.99. The molecule has 2 aromatic rings. The Labute approximate surface area is 118 Å². The molecule has 0 saturated heterocycles. The number of nitriles is 1. The third-order valence-electron chi connectivity index (χ3n) is 2.59. The van der Waals surface area contributed by atoms with Crippen LogP contribution in [0.5, 0.6) is 11.5 Å². The molecular formula is C14H8N2O5. The van der Waals surface area contributed by atoms with Gasteiger partial charge in [0.25, 0.3) is 0 Å². The summed E-state index contributed by atoms with van der Waals surface area (Å²) in [5.74, 6) is -1.21. The van der Waals surface area contributed by atoms with Gasteiger partial charge in [0, 0.05) is 12.1 Å². The largest absolute Gasteiger partial charge is 0.478 e. The number of rotatable bonds is 4. The maximum absolute atomic E-state index is 10.9. The summed E-state index contributed by atoms with van der Waals surface area (Å²) < 4.78 is 5.35. The number of hydrogen-bond acceptors (Lipinski definition) is 5. The third-order valence-corrected chi connectivity index (χ3v) is 2.59. The van der Waals surface area contributed by atoms with E-state index in [4.69, 9.17) is 15.1 Å². The van der Waals surface area contributed by atoms with Gasteiger partial charge in [-0.3, -0.25) is 10.1 Å². The second-order valence-electron chi connectivity index (χ2n) is 3.99. The minimum Gasteiger partial charge on any atom is -0.478 e. The molecule has 21 heavy (non-hydrogen) atoms. The van der Waals surface area contributed by atoms with Crippen molar-refractivity contribution >= 4 is 11.7 Å². The molecule has 0 spiro atoms. The molecule has 0 saturated carbocycles. The zero-order chi connectivity index (χ0) is 15.4. The minimum absolute atomic E-state index is 0.132. The van der Waals surface area contributed by atoms with Crippen molar-refractivity contribution in [3.8, 4) is 17.6 Å². The molecule has 0 aromatic heterocycles. The van der Waals surface area contributed by atoms with Crippen molar-refractivity contribution in [3.63, 3.8) is 0 Å². The summed E-state index contributed by atoms with van der Waals surface area (Å²) in [6, 6.07) is 11.2. The van der Waals surface area contributed by atoms with E-state index in [-0.39, 0.29) is 22.7 Å². The summed E-state index contributed by atoms with van der Waals surface area (Å²) >= 11 is 0. The predicted octanol–water partition coefficient (Wildman–Crippen LogP) is 2.96. The van der Waals surface area contributed by atoms with Gasteiger partial charge in [0.1, 0.15) is 5.75 Å². The molecule has 0 amide bonds. The van der Waals surface area contributed by atoms with Crippen molar-refractivity contribution < 1.29 is 19.6 Å². The van der Waals surface area contributed by atoms with Gasteiger partial charge in [-0.1, -0.05) is 6.07 Å². The van der Waals surface area contributed by atoms with Crippen LogP contribution in [0, 0.1) is 21.4 Å². The molecule has 0 atom stereocenters. The number of carboxylic acids is 1. The SMILES string of the molecule is N#Cc1cccc(Oc2cc(C(=O)O)ccc2[N+](=O)[O-])c1. The van der Waals surface area contributed by atoms with Crippen LogP contribution in [0.3, 0.4) is 0 Å². The zero-order valence-electron chi connectivity index (χ0n) is 10.5. The van der Waals surface area contributed by atoms with Crippen LogP contribution in [0.2, 0.25) is 0 Å². The van der Waals surface area contributed by atoms with E-state index in [2.05, 4.69) is 0 Å². The van der Waals surface area contributed by atoms with Crippen LogP contribution >= 0.6 is 0 Å². The van der Waals surface area contributed by atoms with E-state index in [1.807, 2.05) is 6.07 Å². The Morgan fingerprint density at radius 3 is 2.67 bits per heavy atom. The molecule has 2 rings (SSSR count). The molecule has 0 aliphatic heterocycles. The number of nitro benzene ring substituents is 1. The molecule has 0 fully saturated rings. The lowest BCUT2D eigenvalue weighted by atomic mass is 10.2. The number of nitro groups is 1. The Hall–Kier alpha value is -3.40. The maximum Gasteiger partial charge on any atom is 0.335 e. The van der Waals surface area contributed by atoms with Crippen LogP contribution in [0.25, 0.3) is 0 Å². The highest BCUT2D eigenvalue weighted by Gasteiger charge is 2.18. The molecule has 0 unspecified atom stereocenters. The van der Waals surface area contributed by atoms with Crippen LogP contribution in [-0.4, -0.2) is 16.0 Å². The second kappa shape index (κ2) is 5.71. The van der Waals surface area contributed by atoms with Crippen LogP contribution in [0.1, 0.15) is 15.9 Å². The molecule has 0 heterocycles. The first kappa shape index (κ1) is 14.0. The number of hydrogen-bond donors (Lipinski definition) is 1. The zero-order valence-corrected chi connectivity index (χ0v) is 10.5. The van der Waals surface area contributed by atoms with Crippen molar-refractivity contribution in [1.29, 1.82) is 5.26 Å². The Balaban J connectivity index is 2.45. The van der Waals surface area contributed by atoms with Crippen molar-refractivity contribution in [2.45, 2.75) is 0 Å². The lowest BCUT2D eigenvalue weighted by molar-refractivity contribution is -0.385. The molecule has 0 aliphatic carbocycles. The third kappa shape index (κ3) is 3.13. The lowest BCUT2D eigenvalue weighted by Gasteiger charge is -2.07. The first-order valence-electron chi connectivity index (χ1n) is 5.71. The average molecular weight is 284 g/mol. The topological polar surface area (TPSA) is 113 Å². The van der Waals surface area contributed by atoms with Crippen LogP contribution in [-0.2, 0) is 0 Å². The van der Waals surface area contributed by atoms with E-state index in [0.717, 1.165) is 18.2 Å². The van der Waals surface area contributed by atoms with E-state index in [0.29, 0.717) is 5.56 Å². The number of nitrogens with zero attached hydrogens (tertiary/aromatic N) is 2. The van der Waals surface area contributed by atoms with Gasteiger partial charge < -0.3 is 9.84 Å². The van der Waals surface area contributed by atoms with Crippen molar-refractivity contribution in [3.05, 3.63) is 63.7 Å². The molecule has 2 aromatic carbocycles. The Bertz CT molecular complexity index is 764. The quantitative estimate of drug-likeness (QED) is 0.682. The van der Waals surface area contributed by atoms with E-state index >= 15 is 0 Å². The van der Waals surface area contributed by atoms with Gasteiger partial charge >= 0.3 is 11.7 Å². The summed E-state index contributed by atoms with van der Waals surface area (Å²) in [4.78, 5) is 21.2. The average Bonchev–Trinajstić information content (AvgIpc) is 2.47. The number of ether oxygens (including phenoxy) is 1. The number of carbonyl (C=O) groups is 1. The summed E-state index contributed by atoms with van der Waals surface area (Å²) in [6.45, 7) is 0. The van der Waals surface area contributed by atoms with Gasteiger partial charge in [-0.15, -0.1) is 0 Å². The van der Waals surface area contributed by atoms with E-state index in [1.54, 1.807) is 12.1 Å². The van der Waals surface area contributed by atoms with Gasteiger partial charge in [0.2, 0.25) is 5.75 Å². The molecule has 104 valence electrons. The summed E-state index contributed by atoms with van der Waals surface area (Å²) in [5, 5.41) is 28.7. The Morgan fingerprint density at radius 1 is 1.29 bits per heavy atom. The molecule has 0 aliphatic rings. The van der Waals surface area contributed by atoms with Crippen LogP contribution < -0.4 is 4.74 Å². The minimum atomic E-state index is -1.22. The van der Waals surface area contributed by atoms with Gasteiger partial charge in [0.15, 0.2) is 0 Å². The Morgan fingerprint density at radius 2 is 2.05 bits per heavy atom. The smallest absolute Gasteiger partial charge is 0.335 e. The number of benzene rings is 2. The molecule has 0 radical (unpaired) electrons. The summed E-state index contributed by atoms with van der Waals surface area (Å²) in [7, 11) is 0. The van der Waals surface area contributed by atoms with Gasteiger partial charge in [0.05, 0.1) is 22.1 Å². The molecule has 0 bridgehead atoms. The first-order valence-corrected chi connectivity index (χ1v) is 5.71. The Kier molecular flexibility index (Phi) is 3.81. The van der Waals surface area contributed by atoms with Crippen molar-refractivity contribution in [2.75, 3.05) is 0 Å². The number of aromatic carboxylic acids is 1. The van der Waals surface area contributed by atoms with Crippen molar-refractivity contribution in [2.24, 2.45) is 0 Å². The van der Waals surface area contributed by atoms with Crippen LogP contribution in [0.4, 0.5) is 5.69 Å². The lowest BCUT2D eigenvalue weighted by Crippen LogP contribution is -1.99. The summed E-state index contributed by atoms with van der Waals surface area (Å²) in [5.41, 5.74) is -0.168. The molecular weight excluding hydrogens is 276 g/mol. The van der Waals surface area contributed by atoms with E-state index < -0.39 is 10.9 Å². The van der Waals surface area contributed by atoms with Gasteiger partial charge in [-0.2, -0.15) is 5.26 Å². The van der Waals surface area contributed by atoms with Crippen LogP contribution in [0.15, 0.2) is 42.5 Å². The van der Waals surface area contributed by atoms with E-state index in [1.165, 1.54) is 12.1 Å². The fourth-order valence-corrected chi connectivity index (χ4v) is 1.64. The van der Waals surface area contributed by atoms with Gasteiger partial charge in [-0.05, 0) is 24.3 Å². The molecule has 1 N–H and O–H groups in total. The number of carboxylic acid groups (broad SMARTS) is 1. The highest BCUT2D eigenvalue weighted by Crippen LogP contribution is 2.32. The van der Waals surface area contributed by atoms with E-state index in [9.17, 15) is 14.9 Å². The normalized spacial score (nSPS) is 9.67.